The zero-order valence-electron chi connectivity index (χ0n) is 15.0. The Hall–Kier alpha value is -1.52. The van der Waals surface area contributed by atoms with Crippen molar-refractivity contribution in [1.29, 1.82) is 0 Å². The fourth-order valence-corrected chi connectivity index (χ4v) is 7.19. The maximum atomic E-state index is 13.0. The highest BCUT2D eigenvalue weighted by Gasteiger charge is 2.41. The monoisotopic (exact) mass is 418 g/mol. The summed E-state index contributed by atoms with van der Waals surface area (Å²) < 4.78 is 62.9. The van der Waals surface area contributed by atoms with Gasteiger partial charge in [0.1, 0.15) is 5.82 Å². The molecule has 2 aliphatic rings. The molecule has 0 spiro atoms. The molecular weight excluding hydrogens is 395 g/mol. The Morgan fingerprint density at radius 1 is 1.22 bits per heavy atom. The summed E-state index contributed by atoms with van der Waals surface area (Å²) in [5, 5.41) is 2.84. The van der Waals surface area contributed by atoms with E-state index in [1.165, 1.54) is 16.4 Å². The van der Waals surface area contributed by atoms with Crippen LogP contribution in [0, 0.1) is 11.7 Å². The smallest absolute Gasteiger partial charge is 0.243 e. The van der Waals surface area contributed by atoms with Gasteiger partial charge in [0, 0.05) is 19.0 Å². The van der Waals surface area contributed by atoms with Gasteiger partial charge in [0.15, 0.2) is 9.84 Å². The van der Waals surface area contributed by atoms with E-state index in [0.29, 0.717) is 19.3 Å². The van der Waals surface area contributed by atoms with Crippen LogP contribution in [-0.2, 0) is 24.7 Å². The number of carbonyl (C=O) groups is 1. The van der Waals surface area contributed by atoms with Crippen LogP contribution in [0.3, 0.4) is 0 Å². The minimum atomic E-state index is -3.72. The normalized spacial score (nSPS) is 26.7. The van der Waals surface area contributed by atoms with Gasteiger partial charge in [-0.1, -0.05) is 0 Å². The first-order valence-corrected chi connectivity index (χ1v) is 12.1. The molecule has 1 aromatic carbocycles. The van der Waals surface area contributed by atoms with Crippen molar-refractivity contribution in [2.24, 2.45) is 5.92 Å². The van der Waals surface area contributed by atoms with Gasteiger partial charge in [-0.2, -0.15) is 4.31 Å². The van der Waals surface area contributed by atoms with Crippen LogP contribution in [-0.4, -0.2) is 57.2 Å². The maximum Gasteiger partial charge on any atom is 0.243 e. The number of carbonyl (C=O) groups excluding carboxylic acids is 1. The Bertz CT molecular complexity index is 923. The van der Waals surface area contributed by atoms with Gasteiger partial charge in [-0.25, -0.2) is 21.2 Å². The Labute approximate surface area is 158 Å². The number of amides is 1. The number of halogens is 1. The standard InChI is InChI=1S/C17H23FN2O5S2/c1-17(8-11-26(22,23)12-17)19-16(21)13-6-9-20(10-7-13)27(24,25)15-4-2-14(18)3-5-15/h2-5,13H,6-12H2,1H3,(H,19,21)/t17-/m1/s1. The summed E-state index contributed by atoms with van der Waals surface area (Å²) in [5.41, 5.74) is -0.757. The number of sulfone groups is 1. The highest BCUT2D eigenvalue weighted by Crippen LogP contribution is 2.27. The molecule has 0 saturated carbocycles. The molecular formula is C17H23FN2O5S2. The lowest BCUT2D eigenvalue weighted by atomic mass is 9.94. The van der Waals surface area contributed by atoms with Crippen LogP contribution in [0.25, 0.3) is 0 Å². The maximum absolute atomic E-state index is 13.0. The summed E-state index contributed by atoms with van der Waals surface area (Å²) in [7, 11) is -6.84. The summed E-state index contributed by atoms with van der Waals surface area (Å²) in [6.45, 7) is 2.10. The Balaban J connectivity index is 1.60. The van der Waals surface area contributed by atoms with E-state index in [4.69, 9.17) is 0 Å². The van der Waals surface area contributed by atoms with Crippen molar-refractivity contribution in [1.82, 2.24) is 9.62 Å². The van der Waals surface area contributed by atoms with Crippen LogP contribution in [0.4, 0.5) is 4.39 Å². The molecule has 7 nitrogen and oxygen atoms in total. The highest BCUT2D eigenvalue weighted by atomic mass is 32.2. The van der Waals surface area contributed by atoms with Crippen LogP contribution < -0.4 is 5.32 Å². The summed E-state index contributed by atoms with van der Waals surface area (Å²) in [5.74, 6) is -1.09. The molecule has 0 radical (unpaired) electrons. The number of rotatable bonds is 4. The van der Waals surface area contributed by atoms with Crippen molar-refractivity contribution < 1.29 is 26.0 Å². The van der Waals surface area contributed by atoms with E-state index in [0.717, 1.165) is 12.1 Å². The zero-order chi connectivity index (χ0) is 19.9. The summed E-state index contributed by atoms with van der Waals surface area (Å²) >= 11 is 0. The third-order valence-corrected chi connectivity index (χ3v) is 9.02. The Morgan fingerprint density at radius 3 is 2.33 bits per heavy atom. The quantitative estimate of drug-likeness (QED) is 0.784. The van der Waals surface area contributed by atoms with Gasteiger partial charge < -0.3 is 5.32 Å². The van der Waals surface area contributed by atoms with E-state index < -0.39 is 31.2 Å². The number of nitrogens with zero attached hydrogens (tertiary/aromatic N) is 1. The average molecular weight is 419 g/mol. The lowest BCUT2D eigenvalue weighted by Gasteiger charge is -2.33. The largest absolute Gasteiger partial charge is 0.350 e. The molecule has 3 rings (SSSR count). The third kappa shape index (κ3) is 4.49. The van der Waals surface area contributed by atoms with Crippen molar-refractivity contribution >= 4 is 25.8 Å². The number of piperidine rings is 1. The van der Waals surface area contributed by atoms with E-state index in [2.05, 4.69) is 5.32 Å². The van der Waals surface area contributed by atoms with Crippen molar-refractivity contribution in [2.45, 2.75) is 36.6 Å². The van der Waals surface area contributed by atoms with E-state index in [1.54, 1.807) is 6.92 Å². The first-order valence-electron chi connectivity index (χ1n) is 8.79. The number of hydrogen-bond acceptors (Lipinski definition) is 5. The van der Waals surface area contributed by atoms with Gasteiger partial charge in [0.2, 0.25) is 15.9 Å². The predicted octanol–water partition coefficient (Wildman–Crippen LogP) is 0.920. The molecule has 0 unspecified atom stereocenters. The van der Waals surface area contributed by atoms with Gasteiger partial charge in [-0.3, -0.25) is 4.79 Å². The molecule has 10 heteroatoms. The van der Waals surface area contributed by atoms with Gasteiger partial charge in [0.05, 0.1) is 21.9 Å². The lowest BCUT2D eigenvalue weighted by Crippen LogP contribution is -2.51. The first-order chi connectivity index (χ1) is 12.5. The van der Waals surface area contributed by atoms with E-state index >= 15 is 0 Å². The molecule has 1 N–H and O–H groups in total. The molecule has 150 valence electrons. The SMILES string of the molecule is C[C@@]1(NC(=O)C2CCN(S(=O)(=O)c3ccc(F)cc3)CC2)CCS(=O)(=O)C1. The molecule has 2 aliphatic heterocycles. The van der Waals surface area contributed by atoms with Crippen LogP contribution in [0.15, 0.2) is 29.2 Å². The van der Waals surface area contributed by atoms with Crippen molar-refractivity contribution in [3.8, 4) is 0 Å². The van der Waals surface area contributed by atoms with E-state index in [1.807, 2.05) is 0 Å². The van der Waals surface area contributed by atoms with Crippen LogP contribution in [0.1, 0.15) is 26.2 Å². The summed E-state index contributed by atoms with van der Waals surface area (Å²) in [4.78, 5) is 12.5. The second-order valence-corrected chi connectivity index (χ2v) is 11.6. The number of benzene rings is 1. The second kappa shape index (κ2) is 7.14. The van der Waals surface area contributed by atoms with Gasteiger partial charge in [-0.05, 0) is 50.5 Å². The van der Waals surface area contributed by atoms with Crippen molar-refractivity contribution in [3.63, 3.8) is 0 Å². The van der Waals surface area contributed by atoms with Crippen LogP contribution in [0.2, 0.25) is 0 Å². The molecule has 1 aromatic rings. The fourth-order valence-electron chi connectivity index (χ4n) is 3.62. The number of sulfonamides is 1. The molecule has 27 heavy (non-hydrogen) atoms. The van der Waals surface area contributed by atoms with Crippen LogP contribution in [0.5, 0.6) is 0 Å². The lowest BCUT2D eigenvalue weighted by molar-refractivity contribution is -0.127. The Morgan fingerprint density at radius 2 is 1.81 bits per heavy atom. The number of nitrogens with one attached hydrogen (secondary N) is 1. The molecule has 1 amide bonds. The Kier molecular flexibility index (Phi) is 5.35. The van der Waals surface area contributed by atoms with Crippen LogP contribution >= 0.6 is 0 Å². The predicted molar refractivity (Wildman–Crippen MR) is 97.7 cm³/mol. The van der Waals surface area contributed by atoms with Crippen molar-refractivity contribution in [2.75, 3.05) is 24.6 Å². The average Bonchev–Trinajstić information content (AvgIpc) is 2.88. The fraction of sp³-hybridized carbons (Fsp3) is 0.588. The molecule has 0 aliphatic carbocycles. The van der Waals surface area contributed by atoms with Gasteiger partial charge in [0.25, 0.3) is 0 Å². The highest BCUT2D eigenvalue weighted by molar-refractivity contribution is 7.91. The molecule has 0 aromatic heterocycles. The molecule has 0 bridgehead atoms. The van der Waals surface area contributed by atoms with Crippen molar-refractivity contribution in [3.05, 3.63) is 30.1 Å². The molecule has 1 atom stereocenters. The molecule has 2 heterocycles. The second-order valence-electron chi connectivity index (χ2n) is 7.52. The minimum absolute atomic E-state index is 0.0236. The van der Waals surface area contributed by atoms with E-state index in [9.17, 15) is 26.0 Å². The minimum Gasteiger partial charge on any atom is -0.350 e. The molecule has 2 fully saturated rings. The van der Waals surface area contributed by atoms with Gasteiger partial charge in [-0.15, -0.1) is 0 Å². The molecule has 2 saturated heterocycles. The summed E-state index contributed by atoms with van der Waals surface area (Å²) in [6, 6.07) is 4.66. The summed E-state index contributed by atoms with van der Waals surface area (Å²) in [6.07, 6.45) is 1.10. The first kappa shape index (κ1) is 20.2. The topological polar surface area (TPSA) is 101 Å². The van der Waals surface area contributed by atoms with E-state index in [-0.39, 0.29) is 41.3 Å². The third-order valence-electron chi connectivity index (χ3n) is 5.20. The zero-order valence-corrected chi connectivity index (χ0v) is 16.7. The van der Waals surface area contributed by atoms with Gasteiger partial charge >= 0.3 is 0 Å². The number of hydrogen-bond donors (Lipinski definition) is 1.